The molecule has 3 rings (SSSR count). The number of ether oxygens (including phenoxy) is 2. The molecule has 0 aromatic heterocycles. The fourth-order valence-corrected chi connectivity index (χ4v) is 3.05. The molecule has 1 fully saturated rings. The Kier molecular flexibility index (Phi) is 6.77. The molecular formula is C21H20N4O8. The van der Waals surface area contributed by atoms with Gasteiger partial charge in [-0.1, -0.05) is 12.1 Å². The minimum absolute atomic E-state index is 0.114. The Balaban J connectivity index is 1.82. The molecule has 172 valence electrons. The quantitative estimate of drug-likeness (QED) is 0.236. The Hall–Kier alpha value is -4.61. The van der Waals surface area contributed by atoms with Gasteiger partial charge >= 0.3 is 6.03 Å². The van der Waals surface area contributed by atoms with E-state index in [1.807, 2.05) is 0 Å². The monoisotopic (exact) mass is 456 g/mol. The van der Waals surface area contributed by atoms with E-state index in [0.29, 0.717) is 16.3 Å². The third-order valence-electron chi connectivity index (χ3n) is 4.54. The first-order valence-electron chi connectivity index (χ1n) is 9.66. The number of carbonyl (C=O) groups is 3. The van der Waals surface area contributed by atoms with Gasteiger partial charge in [-0.05, 0) is 25.1 Å². The van der Waals surface area contributed by atoms with Crippen LogP contribution in [0.25, 0.3) is 6.08 Å². The van der Waals surface area contributed by atoms with Gasteiger partial charge in [-0.3, -0.25) is 19.7 Å². The molecule has 1 heterocycles. The number of amides is 4. The van der Waals surface area contributed by atoms with E-state index in [2.05, 4.69) is 10.6 Å². The Morgan fingerprint density at radius 3 is 2.67 bits per heavy atom. The summed E-state index contributed by atoms with van der Waals surface area (Å²) in [6.45, 7) is 1.17. The second-order valence-electron chi connectivity index (χ2n) is 6.70. The van der Waals surface area contributed by atoms with Crippen molar-refractivity contribution in [2.24, 2.45) is 0 Å². The van der Waals surface area contributed by atoms with Crippen LogP contribution in [0.2, 0.25) is 0 Å². The largest absolute Gasteiger partial charge is 0.504 e. The number of benzene rings is 2. The minimum Gasteiger partial charge on any atom is -0.504 e. The number of nitro benzene ring substituents is 1. The van der Waals surface area contributed by atoms with Crippen LogP contribution in [0.3, 0.4) is 0 Å². The SMILES string of the molecule is CCOc1cc([N+](=O)[O-])cc(/C=C2/NC(=O)N(CC(=O)Nc3ccccc3OC)C2=O)c1O. The van der Waals surface area contributed by atoms with Crippen LogP contribution >= 0.6 is 0 Å². The van der Waals surface area contributed by atoms with Crippen molar-refractivity contribution in [3.8, 4) is 17.2 Å². The Morgan fingerprint density at radius 1 is 1.27 bits per heavy atom. The summed E-state index contributed by atoms with van der Waals surface area (Å²) in [6, 6.07) is 7.82. The third kappa shape index (κ3) is 5.01. The predicted octanol–water partition coefficient (Wildman–Crippen LogP) is 2.24. The highest BCUT2D eigenvalue weighted by molar-refractivity contribution is 6.16. The summed E-state index contributed by atoms with van der Waals surface area (Å²) in [7, 11) is 1.43. The van der Waals surface area contributed by atoms with Crippen LogP contribution in [0.15, 0.2) is 42.1 Å². The molecule has 0 radical (unpaired) electrons. The standard InChI is InChI=1S/C21H20N4O8/c1-3-33-17-10-13(25(30)31)8-12(19(17)27)9-15-20(28)24(21(29)23-15)11-18(26)22-14-6-4-5-7-16(14)32-2/h4-10,27H,3,11H2,1-2H3,(H,22,26)(H,23,29)/b15-9+. The maximum absolute atomic E-state index is 12.7. The molecule has 1 aliphatic rings. The minimum atomic E-state index is -0.864. The number of urea groups is 1. The lowest BCUT2D eigenvalue weighted by atomic mass is 10.1. The van der Waals surface area contributed by atoms with E-state index in [1.54, 1.807) is 31.2 Å². The summed E-state index contributed by atoms with van der Waals surface area (Å²) in [6.07, 6.45) is 1.07. The molecule has 12 heteroatoms. The van der Waals surface area contributed by atoms with Gasteiger partial charge in [0.05, 0.1) is 30.4 Å². The van der Waals surface area contributed by atoms with E-state index in [-0.39, 0.29) is 29.3 Å². The zero-order valence-electron chi connectivity index (χ0n) is 17.7. The lowest BCUT2D eigenvalue weighted by Gasteiger charge is -2.13. The maximum atomic E-state index is 12.7. The third-order valence-corrected chi connectivity index (χ3v) is 4.54. The highest BCUT2D eigenvalue weighted by Crippen LogP contribution is 2.36. The molecule has 2 aromatic carbocycles. The summed E-state index contributed by atoms with van der Waals surface area (Å²) in [4.78, 5) is 48.5. The van der Waals surface area contributed by atoms with E-state index < -0.39 is 35.1 Å². The molecule has 0 spiro atoms. The first-order chi connectivity index (χ1) is 15.7. The number of non-ortho nitro benzene ring substituents is 1. The molecule has 2 aromatic rings. The van der Waals surface area contributed by atoms with Gasteiger partial charge in [-0.2, -0.15) is 0 Å². The van der Waals surface area contributed by atoms with Gasteiger partial charge in [-0.25, -0.2) is 9.69 Å². The number of hydrogen-bond donors (Lipinski definition) is 3. The highest BCUT2D eigenvalue weighted by atomic mass is 16.6. The predicted molar refractivity (Wildman–Crippen MR) is 116 cm³/mol. The number of phenols is 1. The second kappa shape index (κ2) is 9.68. The molecule has 1 saturated heterocycles. The number of methoxy groups -OCH3 is 1. The van der Waals surface area contributed by atoms with Gasteiger partial charge < -0.3 is 25.2 Å². The molecule has 0 atom stereocenters. The molecule has 0 unspecified atom stereocenters. The fraction of sp³-hybridized carbons (Fsp3) is 0.190. The zero-order valence-corrected chi connectivity index (χ0v) is 17.7. The summed E-state index contributed by atoms with van der Waals surface area (Å²) in [5.74, 6) is -1.69. The number of imide groups is 1. The molecule has 1 aliphatic heterocycles. The summed E-state index contributed by atoms with van der Waals surface area (Å²) in [5.41, 5.74) is -0.411. The normalized spacial score (nSPS) is 14.2. The number of anilines is 1. The van der Waals surface area contributed by atoms with E-state index in [4.69, 9.17) is 9.47 Å². The van der Waals surface area contributed by atoms with E-state index in [1.165, 1.54) is 7.11 Å². The number of para-hydroxylation sites is 2. The Morgan fingerprint density at radius 2 is 2.00 bits per heavy atom. The molecule has 12 nitrogen and oxygen atoms in total. The van der Waals surface area contributed by atoms with Crippen molar-refractivity contribution in [3.05, 3.63) is 57.8 Å². The molecule has 3 N–H and O–H groups in total. The van der Waals surface area contributed by atoms with Gasteiger partial charge in [0.2, 0.25) is 5.91 Å². The summed E-state index contributed by atoms with van der Waals surface area (Å²) in [5, 5.41) is 26.4. The lowest BCUT2D eigenvalue weighted by molar-refractivity contribution is -0.385. The topological polar surface area (TPSA) is 160 Å². The van der Waals surface area contributed by atoms with Crippen molar-refractivity contribution in [2.45, 2.75) is 6.92 Å². The first-order valence-corrected chi connectivity index (χ1v) is 9.66. The molecular weight excluding hydrogens is 436 g/mol. The van der Waals surface area contributed by atoms with Crippen molar-refractivity contribution in [1.29, 1.82) is 0 Å². The zero-order chi connectivity index (χ0) is 24.1. The number of phenolic OH excluding ortho intramolecular Hbond substituents is 1. The smallest absolute Gasteiger partial charge is 0.329 e. The van der Waals surface area contributed by atoms with Crippen LogP contribution in [-0.4, -0.2) is 53.0 Å². The van der Waals surface area contributed by atoms with Crippen LogP contribution in [-0.2, 0) is 9.59 Å². The van der Waals surface area contributed by atoms with Crippen LogP contribution in [0.1, 0.15) is 12.5 Å². The number of nitrogens with one attached hydrogen (secondary N) is 2. The van der Waals surface area contributed by atoms with E-state index in [9.17, 15) is 29.6 Å². The average Bonchev–Trinajstić information content (AvgIpc) is 3.04. The van der Waals surface area contributed by atoms with Crippen molar-refractivity contribution >= 4 is 35.3 Å². The number of nitrogens with zero attached hydrogens (tertiary/aromatic N) is 2. The van der Waals surface area contributed by atoms with Gasteiger partial charge in [0.15, 0.2) is 11.5 Å². The van der Waals surface area contributed by atoms with Gasteiger partial charge in [-0.15, -0.1) is 0 Å². The van der Waals surface area contributed by atoms with Crippen molar-refractivity contribution in [1.82, 2.24) is 10.2 Å². The molecule has 33 heavy (non-hydrogen) atoms. The first kappa shape index (κ1) is 23.1. The Labute approximate surface area is 187 Å². The van der Waals surface area contributed by atoms with Gasteiger partial charge in [0.1, 0.15) is 18.0 Å². The van der Waals surface area contributed by atoms with Crippen molar-refractivity contribution in [3.63, 3.8) is 0 Å². The number of hydrogen-bond acceptors (Lipinski definition) is 8. The van der Waals surface area contributed by atoms with Crippen LogP contribution in [0, 0.1) is 10.1 Å². The van der Waals surface area contributed by atoms with Crippen molar-refractivity contribution < 1.29 is 33.9 Å². The Bertz CT molecular complexity index is 1160. The van der Waals surface area contributed by atoms with Crippen LogP contribution in [0.4, 0.5) is 16.2 Å². The fourth-order valence-electron chi connectivity index (χ4n) is 3.05. The summed E-state index contributed by atoms with van der Waals surface area (Å²) < 4.78 is 10.3. The molecule has 0 bridgehead atoms. The van der Waals surface area contributed by atoms with Crippen LogP contribution in [0.5, 0.6) is 17.2 Å². The highest BCUT2D eigenvalue weighted by Gasteiger charge is 2.35. The second-order valence-corrected chi connectivity index (χ2v) is 6.70. The maximum Gasteiger partial charge on any atom is 0.329 e. The van der Waals surface area contributed by atoms with Gasteiger partial charge in [0.25, 0.3) is 11.6 Å². The number of nitro groups is 1. The molecule has 0 aliphatic carbocycles. The average molecular weight is 456 g/mol. The number of aromatic hydroxyl groups is 1. The number of carbonyl (C=O) groups excluding carboxylic acids is 3. The molecule has 4 amide bonds. The lowest BCUT2D eigenvalue weighted by Crippen LogP contribution is -2.38. The molecule has 0 saturated carbocycles. The van der Waals surface area contributed by atoms with Crippen molar-refractivity contribution in [2.75, 3.05) is 25.6 Å². The van der Waals surface area contributed by atoms with Gasteiger partial charge in [0, 0.05) is 11.6 Å². The summed E-state index contributed by atoms with van der Waals surface area (Å²) >= 11 is 0. The van der Waals surface area contributed by atoms with Crippen LogP contribution < -0.4 is 20.1 Å². The van der Waals surface area contributed by atoms with E-state index in [0.717, 1.165) is 18.2 Å². The van der Waals surface area contributed by atoms with E-state index >= 15 is 0 Å². The number of rotatable bonds is 8.